The highest BCUT2D eigenvalue weighted by Gasteiger charge is 2.34. The largest absolute Gasteiger partial charge is 0.454 e. The zero-order valence-corrected chi connectivity index (χ0v) is 14.4. The van der Waals surface area contributed by atoms with E-state index in [-0.39, 0.29) is 18.9 Å². The van der Waals surface area contributed by atoms with Gasteiger partial charge in [0.15, 0.2) is 11.5 Å². The summed E-state index contributed by atoms with van der Waals surface area (Å²) < 4.78 is 11.7. The third-order valence-corrected chi connectivity index (χ3v) is 4.82. The van der Waals surface area contributed by atoms with E-state index in [2.05, 4.69) is 27.8 Å². The molecule has 5 nitrogen and oxygen atoms in total. The van der Waals surface area contributed by atoms with Crippen LogP contribution in [0.5, 0.6) is 11.5 Å². The van der Waals surface area contributed by atoms with Crippen LogP contribution < -0.4 is 14.8 Å². The maximum Gasteiger partial charge on any atom is 0.258 e. The quantitative estimate of drug-likeness (QED) is 0.811. The molecule has 2 aliphatic rings. The molecule has 6 heteroatoms. The number of ether oxygens (including phenoxy) is 2. The topological polar surface area (TPSA) is 50.8 Å². The second-order valence-electron chi connectivity index (χ2n) is 5.57. The molecule has 0 aliphatic carbocycles. The van der Waals surface area contributed by atoms with Gasteiger partial charge >= 0.3 is 0 Å². The first kappa shape index (κ1) is 15.1. The molecular weight excluding hydrogens is 372 g/mol. The van der Waals surface area contributed by atoms with Crippen LogP contribution in [0.15, 0.2) is 53.5 Å². The van der Waals surface area contributed by atoms with Crippen molar-refractivity contribution in [2.45, 2.75) is 6.17 Å². The summed E-state index contributed by atoms with van der Waals surface area (Å²) in [4.78, 5) is 14.7. The Morgan fingerprint density at radius 1 is 1.29 bits per heavy atom. The van der Waals surface area contributed by atoms with Crippen molar-refractivity contribution in [2.75, 3.05) is 18.7 Å². The maximum absolute atomic E-state index is 12.9. The number of nitrogens with zero attached hydrogens (tertiary/aromatic N) is 1. The zero-order chi connectivity index (χ0) is 16.7. The molecule has 1 N–H and O–H groups in total. The van der Waals surface area contributed by atoms with Crippen molar-refractivity contribution in [1.29, 1.82) is 0 Å². The molecule has 122 valence electrons. The molecule has 0 unspecified atom stereocenters. The van der Waals surface area contributed by atoms with Gasteiger partial charge in [0.1, 0.15) is 6.17 Å². The molecule has 0 spiro atoms. The normalized spacial score (nSPS) is 18.1. The van der Waals surface area contributed by atoms with E-state index in [1.807, 2.05) is 36.4 Å². The van der Waals surface area contributed by atoms with E-state index >= 15 is 0 Å². The Balaban J connectivity index is 1.81. The van der Waals surface area contributed by atoms with E-state index in [9.17, 15) is 4.79 Å². The van der Waals surface area contributed by atoms with Crippen LogP contribution in [0, 0.1) is 0 Å². The SMILES string of the molecule is C=CCN1C(=O)c2ccccc2N[C@@H]1c1cc2c(cc1Br)OCO2. The molecule has 0 radical (unpaired) electrons. The molecule has 2 aromatic rings. The van der Waals surface area contributed by atoms with Gasteiger partial charge in [-0.25, -0.2) is 0 Å². The average Bonchev–Trinajstić information content (AvgIpc) is 3.04. The lowest BCUT2D eigenvalue weighted by Gasteiger charge is -2.38. The lowest BCUT2D eigenvalue weighted by molar-refractivity contribution is 0.0707. The van der Waals surface area contributed by atoms with Gasteiger partial charge in [0, 0.05) is 22.3 Å². The van der Waals surface area contributed by atoms with E-state index in [0.717, 1.165) is 15.7 Å². The lowest BCUT2D eigenvalue weighted by Crippen LogP contribution is -2.43. The zero-order valence-electron chi connectivity index (χ0n) is 12.8. The van der Waals surface area contributed by atoms with Crippen LogP contribution in [0.3, 0.4) is 0 Å². The average molecular weight is 387 g/mol. The van der Waals surface area contributed by atoms with Crippen LogP contribution in [-0.4, -0.2) is 24.1 Å². The number of para-hydroxylation sites is 1. The molecule has 0 aromatic heterocycles. The van der Waals surface area contributed by atoms with Gasteiger partial charge in [-0.15, -0.1) is 6.58 Å². The van der Waals surface area contributed by atoms with Crippen molar-refractivity contribution < 1.29 is 14.3 Å². The number of halogens is 1. The van der Waals surface area contributed by atoms with E-state index in [1.165, 1.54) is 0 Å². The van der Waals surface area contributed by atoms with Crippen molar-refractivity contribution in [3.63, 3.8) is 0 Å². The van der Waals surface area contributed by atoms with Gasteiger partial charge in [-0.2, -0.15) is 0 Å². The van der Waals surface area contributed by atoms with Gasteiger partial charge in [0.25, 0.3) is 5.91 Å². The fourth-order valence-corrected chi connectivity index (χ4v) is 3.55. The van der Waals surface area contributed by atoms with E-state index in [1.54, 1.807) is 11.0 Å². The highest BCUT2D eigenvalue weighted by Crippen LogP contribution is 2.42. The summed E-state index contributed by atoms with van der Waals surface area (Å²) in [5.74, 6) is 1.35. The fraction of sp³-hybridized carbons (Fsp3) is 0.167. The summed E-state index contributed by atoms with van der Waals surface area (Å²) >= 11 is 3.58. The molecule has 2 heterocycles. The number of carbonyl (C=O) groups excluding carboxylic acids is 1. The number of anilines is 1. The first-order chi connectivity index (χ1) is 11.7. The predicted molar refractivity (Wildman–Crippen MR) is 94.3 cm³/mol. The minimum atomic E-state index is -0.325. The summed E-state index contributed by atoms with van der Waals surface area (Å²) in [5.41, 5.74) is 2.38. The van der Waals surface area contributed by atoms with Gasteiger partial charge in [-0.1, -0.05) is 34.1 Å². The second-order valence-corrected chi connectivity index (χ2v) is 6.42. The number of amides is 1. The first-order valence-corrected chi connectivity index (χ1v) is 8.35. The predicted octanol–water partition coefficient (Wildman–Crippen LogP) is 3.93. The smallest absolute Gasteiger partial charge is 0.258 e. The van der Waals surface area contributed by atoms with Crippen LogP contribution in [-0.2, 0) is 0 Å². The van der Waals surface area contributed by atoms with Crippen LogP contribution in [0.1, 0.15) is 22.1 Å². The molecule has 2 aromatic carbocycles. The van der Waals surface area contributed by atoms with E-state index in [0.29, 0.717) is 23.6 Å². The fourth-order valence-electron chi connectivity index (χ4n) is 3.01. The summed E-state index contributed by atoms with van der Waals surface area (Å²) in [6.45, 7) is 4.42. The molecule has 0 saturated carbocycles. The third-order valence-electron chi connectivity index (χ3n) is 4.13. The van der Waals surface area contributed by atoms with Gasteiger partial charge in [-0.05, 0) is 24.3 Å². The van der Waals surface area contributed by atoms with Gasteiger partial charge < -0.3 is 19.7 Å². The molecule has 2 aliphatic heterocycles. The molecule has 0 saturated heterocycles. The first-order valence-electron chi connectivity index (χ1n) is 7.55. The third kappa shape index (κ3) is 2.34. The number of benzene rings is 2. The molecule has 1 amide bonds. The number of hydrogen-bond acceptors (Lipinski definition) is 4. The number of rotatable bonds is 3. The monoisotopic (exact) mass is 386 g/mol. The second kappa shape index (κ2) is 5.87. The molecular formula is C18H15BrN2O3. The maximum atomic E-state index is 12.9. The Bertz CT molecular complexity index is 837. The van der Waals surface area contributed by atoms with Crippen molar-refractivity contribution >= 4 is 27.5 Å². The molecule has 1 atom stereocenters. The Morgan fingerprint density at radius 3 is 2.83 bits per heavy atom. The minimum Gasteiger partial charge on any atom is -0.454 e. The van der Waals surface area contributed by atoms with Crippen LogP contribution in [0.2, 0.25) is 0 Å². The standard InChI is InChI=1S/C18H15BrN2O3/c1-2-7-21-17(20-14-6-4-3-5-11(14)18(21)22)12-8-15-16(9-13(12)19)24-10-23-15/h2-6,8-9,17,20H,1,7,10H2/t17-/m0/s1. The molecule has 0 bridgehead atoms. The van der Waals surface area contributed by atoms with Crippen LogP contribution in [0.25, 0.3) is 0 Å². The number of hydrogen-bond donors (Lipinski definition) is 1. The van der Waals surface area contributed by atoms with E-state index in [4.69, 9.17) is 9.47 Å². The molecule has 24 heavy (non-hydrogen) atoms. The van der Waals surface area contributed by atoms with Gasteiger partial charge in [0.2, 0.25) is 6.79 Å². The number of carbonyl (C=O) groups is 1. The highest BCUT2D eigenvalue weighted by molar-refractivity contribution is 9.10. The summed E-state index contributed by atoms with van der Waals surface area (Å²) in [5, 5.41) is 3.44. The summed E-state index contributed by atoms with van der Waals surface area (Å²) in [7, 11) is 0. The lowest BCUT2D eigenvalue weighted by atomic mass is 10.0. The van der Waals surface area contributed by atoms with Crippen molar-refractivity contribution in [1.82, 2.24) is 4.90 Å². The Hall–Kier alpha value is -2.47. The Labute approximate surface area is 148 Å². The number of nitrogens with one attached hydrogen (secondary N) is 1. The Kier molecular flexibility index (Phi) is 3.69. The minimum absolute atomic E-state index is 0.0289. The molecule has 4 rings (SSSR count). The summed E-state index contributed by atoms with van der Waals surface area (Å²) in [6.07, 6.45) is 1.40. The summed E-state index contributed by atoms with van der Waals surface area (Å²) in [6, 6.07) is 11.3. The van der Waals surface area contributed by atoms with E-state index < -0.39 is 0 Å². The van der Waals surface area contributed by atoms with Crippen LogP contribution >= 0.6 is 15.9 Å². The van der Waals surface area contributed by atoms with Crippen molar-refractivity contribution in [2.24, 2.45) is 0 Å². The van der Waals surface area contributed by atoms with Crippen molar-refractivity contribution in [3.05, 3.63) is 64.7 Å². The van der Waals surface area contributed by atoms with Crippen molar-refractivity contribution in [3.8, 4) is 11.5 Å². The Morgan fingerprint density at radius 2 is 2.04 bits per heavy atom. The molecule has 0 fully saturated rings. The van der Waals surface area contributed by atoms with Crippen LogP contribution in [0.4, 0.5) is 5.69 Å². The number of fused-ring (bicyclic) bond motifs is 2. The van der Waals surface area contributed by atoms with Gasteiger partial charge in [0.05, 0.1) is 5.56 Å². The van der Waals surface area contributed by atoms with Gasteiger partial charge in [-0.3, -0.25) is 4.79 Å². The highest BCUT2D eigenvalue weighted by atomic mass is 79.9.